The lowest BCUT2D eigenvalue weighted by molar-refractivity contribution is -0.526. The number of hydrogen-bond acceptors (Lipinski definition) is 5. The molecule has 0 spiro atoms. The molecule has 0 aromatic rings. The van der Waals surface area contributed by atoms with E-state index < -0.39 is 22.6 Å². The van der Waals surface area contributed by atoms with Gasteiger partial charge in [0, 0.05) is 13.0 Å². The van der Waals surface area contributed by atoms with Gasteiger partial charge in [-0.25, -0.2) is 10.1 Å². The van der Waals surface area contributed by atoms with Gasteiger partial charge in [0.2, 0.25) is 5.91 Å². The van der Waals surface area contributed by atoms with Crippen molar-refractivity contribution in [3.05, 3.63) is 16.7 Å². The zero-order chi connectivity index (χ0) is 23.0. The summed E-state index contributed by atoms with van der Waals surface area (Å²) in [5.41, 5.74) is 0.0324. The lowest BCUT2D eigenvalue weighted by atomic mass is 10.0. The Morgan fingerprint density at radius 3 is 2.27 bits per heavy atom. The summed E-state index contributed by atoms with van der Waals surface area (Å²) >= 11 is 0. The van der Waals surface area contributed by atoms with Gasteiger partial charge in [-0.1, -0.05) is 71.6 Å². The van der Waals surface area contributed by atoms with E-state index in [2.05, 4.69) is 22.9 Å². The maximum atomic E-state index is 12.9. The summed E-state index contributed by atoms with van der Waals surface area (Å²) in [6.07, 6.45) is 7.69. The first-order valence-electron chi connectivity index (χ1n) is 10.9. The molecule has 0 aromatic carbocycles. The molecular weight excluding hydrogens is 388 g/mol. The van der Waals surface area contributed by atoms with Gasteiger partial charge < -0.3 is 16.0 Å². The fraction of sp³-hybridized carbons (Fsp3) is 0.800. The monoisotopic (exact) mass is 427 g/mol. The Balaban J connectivity index is 5.15. The molecule has 30 heavy (non-hydrogen) atoms. The van der Waals surface area contributed by atoms with Crippen LogP contribution in [0.2, 0.25) is 0 Å². The van der Waals surface area contributed by atoms with Crippen LogP contribution in [-0.2, 0) is 9.59 Å². The molecule has 0 aliphatic heterocycles. The molecule has 0 saturated carbocycles. The van der Waals surface area contributed by atoms with Gasteiger partial charge >= 0.3 is 0 Å². The van der Waals surface area contributed by atoms with Crippen LogP contribution in [0.4, 0.5) is 0 Å². The first kappa shape index (κ1) is 27.6. The van der Waals surface area contributed by atoms with Gasteiger partial charge in [-0.2, -0.15) is 0 Å². The third-order valence-corrected chi connectivity index (χ3v) is 4.49. The highest BCUT2D eigenvalue weighted by Crippen LogP contribution is 2.13. The second-order valence-corrected chi connectivity index (χ2v) is 7.90. The number of carbonyl (C=O) groups is 2. The molecule has 0 unspecified atom stereocenters. The molecule has 1 radical (unpaired) electrons. The van der Waals surface area contributed by atoms with Crippen molar-refractivity contribution in [2.45, 2.75) is 97.6 Å². The zero-order valence-corrected chi connectivity index (χ0v) is 18.8. The fourth-order valence-corrected chi connectivity index (χ4v) is 2.97. The standard InChI is InChI=1S/C20H39N6O4/c1-5-7-8-9-10-11-12-17(27)23-20(14-6-2,24-19(21)25-26(29)30)18(28)22-15-13-16(3)4/h15-16H,5-14H2,1-4H3,(H,22,28)(H,23,27)(H3,21,24,25)/t20-/m1/s1. The van der Waals surface area contributed by atoms with Crippen LogP contribution in [0.15, 0.2) is 0 Å². The molecule has 1 atom stereocenters. The lowest BCUT2D eigenvalue weighted by Gasteiger charge is -2.34. The van der Waals surface area contributed by atoms with E-state index in [1.807, 2.05) is 20.8 Å². The van der Waals surface area contributed by atoms with Gasteiger partial charge in [-0.05, 0) is 25.2 Å². The molecule has 10 heteroatoms. The third-order valence-electron chi connectivity index (χ3n) is 4.49. The van der Waals surface area contributed by atoms with E-state index in [-0.39, 0.29) is 18.7 Å². The minimum Gasteiger partial charge on any atom is -0.348 e. The fourth-order valence-electron chi connectivity index (χ4n) is 2.97. The maximum Gasteiger partial charge on any atom is 0.266 e. The van der Waals surface area contributed by atoms with Crippen LogP contribution in [0.25, 0.3) is 0 Å². The van der Waals surface area contributed by atoms with Crippen LogP contribution in [-0.4, -0.2) is 28.5 Å². The molecule has 10 nitrogen and oxygen atoms in total. The highest BCUT2D eigenvalue weighted by molar-refractivity contribution is 5.95. The smallest absolute Gasteiger partial charge is 0.266 e. The number of amides is 2. The quantitative estimate of drug-likeness (QED) is 0.0638. The number of guanidine groups is 1. The Kier molecular flexibility index (Phi) is 14.2. The Labute approximate surface area is 180 Å². The minimum atomic E-state index is -1.65. The van der Waals surface area contributed by atoms with E-state index in [0.717, 1.165) is 25.7 Å². The SMILES string of the molecule is CCCCCCCCC(=O)N[C@](CCC)(NC(=N)N[N+](=O)[O-])C(=O)N[CH]CC(C)C. The molecule has 0 aliphatic rings. The molecule has 0 heterocycles. The lowest BCUT2D eigenvalue weighted by Crippen LogP contribution is -2.69. The average molecular weight is 428 g/mol. The van der Waals surface area contributed by atoms with Crippen molar-refractivity contribution in [2.75, 3.05) is 0 Å². The molecule has 173 valence electrons. The van der Waals surface area contributed by atoms with Crippen LogP contribution in [0.3, 0.4) is 0 Å². The van der Waals surface area contributed by atoms with Crippen molar-refractivity contribution in [1.29, 1.82) is 5.41 Å². The summed E-state index contributed by atoms with van der Waals surface area (Å²) in [7, 11) is 0. The molecule has 0 fully saturated rings. The summed E-state index contributed by atoms with van der Waals surface area (Å²) in [6, 6.07) is 0. The average Bonchev–Trinajstić information content (AvgIpc) is 2.63. The number of rotatable bonds is 16. The normalized spacial score (nSPS) is 12.7. The minimum absolute atomic E-state index is 0.165. The number of hydrogen-bond donors (Lipinski definition) is 5. The number of nitrogens with zero attached hydrogens (tertiary/aromatic N) is 1. The summed E-state index contributed by atoms with van der Waals surface area (Å²) in [6.45, 7) is 9.57. The van der Waals surface area contributed by atoms with Gasteiger partial charge in [-0.15, -0.1) is 0 Å². The van der Waals surface area contributed by atoms with Crippen molar-refractivity contribution < 1.29 is 14.6 Å². The highest BCUT2D eigenvalue weighted by atomic mass is 16.7. The molecule has 0 aliphatic carbocycles. The molecule has 0 saturated heterocycles. The first-order valence-corrected chi connectivity index (χ1v) is 10.9. The van der Waals surface area contributed by atoms with E-state index in [0.29, 0.717) is 25.2 Å². The Bertz CT molecular complexity index is 555. The number of unbranched alkanes of at least 4 members (excludes halogenated alkanes) is 5. The van der Waals surface area contributed by atoms with Crippen LogP contribution >= 0.6 is 0 Å². The largest absolute Gasteiger partial charge is 0.348 e. The Morgan fingerprint density at radius 2 is 1.70 bits per heavy atom. The van der Waals surface area contributed by atoms with Crippen molar-refractivity contribution >= 4 is 17.8 Å². The van der Waals surface area contributed by atoms with Crippen molar-refractivity contribution in [1.82, 2.24) is 21.4 Å². The second kappa shape index (κ2) is 15.4. The van der Waals surface area contributed by atoms with Gasteiger partial charge in [0.1, 0.15) is 0 Å². The Hall–Kier alpha value is -2.39. The van der Waals surface area contributed by atoms with Crippen molar-refractivity contribution in [3.63, 3.8) is 0 Å². The number of carbonyl (C=O) groups excluding carboxylic acids is 2. The summed E-state index contributed by atoms with van der Waals surface area (Å²) in [5, 5.41) is 25.4. The predicted octanol–water partition coefficient (Wildman–Crippen LogP) is 2.98. The van der Waals surface area contributed by atoms with Crippen molar-refractivity contribution in [3.8, 4) is 0 Å². The predicted molar refractivity (Wildman–Crippen MR) is 117 cm³/mol. The maximum absolute atomic E-state index is 12.9. The topological polar surface area (TPSA) is 149 Å². The van der Waals surface area contributed by atoms with E-state index in [9.17, 15) is 19.7 Å². The van der Waals surface area contributed by atoms with Crippen LogP contribution in [0.5, 0.6) is 0 Å². The molecule has 2 amide bonds. The Morgan fingerprint density at radius 1 is 1.07 bits per heavy atom. The van der Waals surface area contributed by atoms with Gasteiger partial charge in [0.05, 0.1) is 0 Å². The van der Waals surface area contributed by atoms with E-state index >= 15 is 0 Å². The molecular formula is C20H39N6O4. The van der Waals surface area contributed by atoms with E-state index in [1.54, 1.807) is 12.0 Å². The van der Waals surface area contributed by atoms with Crippen LogP contribution in [0, 0.1) is 28.0 Å². The van der Waals surface area contributed by atoms with Gasteiger partial charge in [0.15, 0.2) is 10.7 Å². The van der Waals surface area contributed by atoms with Crippen LogP contribution in [0.1, 0.15) is 91.9 Å². The third kappa shape index (κ3) is 12.2. The van der Waals surface area contributed by atoms with Gasteiger partial charge in [-0.3, -0.25) is 15.0 Å². The summed E-state index contributed by atoms with van der Waals surface area (Å²) in [4.78, 5) is 36.1. The molecule has 0 bridgehead atoms. The summed E-state index contributed by atoms with van der Waals surface area (Å²) < 4.78 is 0. The first-order chi connectivity index (χ1) is 14.2. The second-order valence-electron chi connectivity index (χ2n) is 7.90. The highest BCUT2D eigenvalue weighted by Gasteiger charge is 2.40. The van der Waals surface area contributed by atoms with Crippen LogP contribution < -0.4 is 21.4 Å². The van der Waals surface area contributed by atoms with E-state index in [4.69, 9.17) is 5.41 Å². The molecule has 5 N–H and O–H groups in total. The molecule has 0 rings (SSSR count). The number of nitro groups is 1. The van der Waals surface area contributed by atoms with Crippen molar-refractivity contribution in [2.24, 2.45) is 5.92 Å². The number of nitrogens with one attached hydrogen (secondary N) is 5. The van der Waals surface area contributed by atoms with Gasteiger partial charge in [0.25, 0.3) is 11.9 Å². The molecule has 0 aromatic heterocycles. The van der Waals surface area contributed by atoms with E-state index in [1.165, 1.54) is 6.42 Å². The number of hydrazine groups is 1. The zero-order valence-electron chi connectivity index (χ0n) is 18.8. The summed E-state index contributed by atoms with van der Waals surface area (Å²) in [5.74, 6) is -1.24.